The summed E-state index contributed by atoms with van der Waals surface area (Å²) in [5.41, 5.74) is 1.23. The molecule has 5 heteroatoms. The summed E-state index contributed by atoms with van der Waals surface area (Å²) < 4.78 is 5.17. The highest BCUT2D eigenvalue weighted by Gasteiger charge is 2.46. The summed E-state index contributed by atoms with van der Waals surface area (Å²) in [5, 5.41) is 8.96. The van der Waals surface area contributed by atoms with E-state index in [1.54, 1.807) is 7.11 Å². The first-order chi connectivity index (χ1) is 10.7. The van der Waals surface area contributed by atoms with Gasteiger partial charge in [-0.1, -0.05) is 12.1 Å². The molecule has 3 rings (SSSR count). The molecular weight excluding hydrogens is 280 g/mol. The van der Waals surface area contributed by atoms with Crippen LogP contribution < -0.4 is 4.74 Å². The van der Waals surface area contributed by atoms with Crippen LogP contribution in [0.2, 0.25) is 0 Å². The fourth-order valence-corrected chi connectivity index (χ4v) is 3.26. The lowest BCUT2D eigenvalue weighted by atomic mass is 10.1. The van der Waals surface area contributed by atoms with Crippen molar-refractivity contribution in [2.45, 2.75) is 12.3 Å². The van der Waals surface area contributed by atoms with E-state index in [-0.39, 0.29) is 12.5 Å². The van der Waals surface area contributed by atoms with E-state index in [0.29, 0.717) is 18.4 Å². The number of hydrogen-bond donors (Lipinski definition) is 1. The molecule has 1 heterocycles. The Morgan fingerprint density at radius 1 is 1.23 bits per heavy atom. The highest BCUT2D eigenvalue weighted by atomic mass is 16.5. The quantitative estimate of drug-likeness (QED) is 0.879. The zero-order chi connectivity index (χ0) is 15.5. The van der Waals surface area contributed by atoms with Crippen LogP contribution in [0.5, 0.6) is 5.75 Å². The van der Waals surface area contributed by atoms with Crippen molar-refractivity contribution >= 4 is 5.91 Å². The van der Waals surface area contributed by atoms with Gasteiger partial charge in [0.1, 0.15) is 5.75 Å². The number of hydrogen-bond acceptors (Lipinski definition) is 4. The number of aliphatic hydroxyl groups is 1. The number of amides is 1. The summed E-state index contributed by atoms with van der Waals surface area (Å²) in [6.07, 6.45) is 0.960. The van der Waals surface area contributed by atoms with E-state index in [9.17, 15) is 4.79 Å². The van der Waals surface area contributed by atoms with Crippen LogP contribution >= 0.6 is 0 Å². The maximum absolute atomic E-state index is 12.6. The molecule has 2 aliphatic rings. The summed E-state index contributed by atoms with van der Waals surface area (Å²) in [7, 11) is 1.66. The lowest BCUT2D eigenvalue weighted by Crippen LogP contribution is -2.49. The summed E-state index contributed by atoms with van der Waals surface area (Å²) in [4.78, 5) is 16.8. The normalized spacial score (nSPS) is 25.1. The summed E-state index contributed by atoms with van der Waals surface area (Å²) in [5.74, 6) is 1.67. The average molecular weight is 304 g/mol. The largest absolute Gasteiger partial charge is 0.497 e. The Kier molecular flexibility index (Phi) is 4.64. The van der Waals surface area contributed by atoms with Crippen molar-refractivity contribution in [3.8, 4) is 5.75 Å². The number of ether oxygens (including phenoxy) is 1. The standard InChI is InChI=1S/C17H24N2O3/c1-22-14-4-2-13(3-5-14)15-12-16(15)17(21)19-8-6-18(7-9-19)10-11-20/h2-5,15-16,20H,6-12H2,1H3/t15-,16+/m0/s1. The fourth-order valence-electron chi connectivity index (χ4n) is 3.26. The van der Waals surface area contributed by atoms with Crippen molar-refractivity contribution in [1.82, 2.24) is 9.80 Å². The Morgan fingerprint density at radius 3 is 2.50 bits per heavy atom. The van der Waals surface area contributed by atoms with Crippen LogP contribution in [0.25, 0.3) is 0 Å². The zero-order valence-electron chi connectivity index (χ0n) is 13.1. The van der Waals surface area contributed by atoms with Crippen molar-refractivity contribution in [1.29, 1.82) is 0 Å². The molecule has 1 saturated heterocycles. The molecule has 0 aromatic heterocycles. The third kappa shape index (κ3) is 3.25. The first kappa shape index (κ1) is 15.3. The summed E-state index contributed by atoms with van der Waals surface area (Å²) >= 11 is 0. The van der Waals surface area contributed by atoms with Crippen LogP contribution in [-0.4, -0.2) is 67.3 Å². The lowest BCUT2D eigenvalue weighted by molar-refractivity contribution is -0.134. The third-order valence-electron chi connectivity index (χ3n) is 4.75. The van der Waals surface area contributed by atoms with Gasteiger partial charge in [0.05, 0.1) is 13.7 Å². The molecule has 0 radical (unpaired) electrons. The molecule has 1 N–H and O–H groups in total. The molecule has 1 aromatic rings. The molecule has 0 spiro atoms. The Morgan fingerprint density at radius 2 is 1.91 bits per heavy atom. The Hall–Kier alpha value is -1.59. The van der Waals surface area contributed by atoms with Gasteiger partial charge in [-0.15, -0.1) is 0 Å². The van der Waals surface area contributed by atoms with Crippen LogP contribution in [-0.2, 0) is 4.79 Å². The molecule has 5 nitrogen and oxygen atoms in total. The van der Waals surface area contributed by atoms with Gasteiger partial charge in [0.15, 0.2) is 0 Å². The van der Waals surface area contributed by atoms with E-state index in [1.807, 2.05) is 17.0 Å². The number of benzene rings is 1. The topological polar surface area (TPSA) is 53.0 Å². The van der Waals surface area contributed by atoms with Gasteiger partial charge >= 0.3 is 0 Å². The predicted molar refractivity (Wildman–Crippen MR) is 83.9 cm³/mol. The predicted octanol–water partition coefficient (Wildman–Crippen LogP) is 0.935. The van der Waals surface area contributed by atoms with E-state index in [4.69, 9.17) is 9.84 Å². The van der Waals surface area contributed by atoms with E-state index in [1.165, 1.54) is 5.56 Å². The molecule has 1 amide bonds. The van der Waals surface area contributed by atoms with Gasteiger partial charge < -0.3 is 14.7 Å². The van der Waals surface area contributed by atoms with Gasteiger partial charge in [0.2, 0.25) is 5.91 Å². The molecule has 22 heavy (non-hydrogen) atoms. The smallest absolute Gasteiger partial charge is 0.226 e. The van der Waals surface area contributed by atoms with Gasteiger partial charge in [-0.2, -0.15) is 0 Å². The third-order valence-corrected chi connectivity index (χ3v) is 4.75. The van der Waals surface area contributed by atoms with Gasteiger partial charge in [0, 0.05) is 38.6 Å². The first-order valence-corrected chi connectivity index (χ1v) is 7.99. The monoisotopic (exact) mass is 304 g/mol. The molecule has 0 bridgehead atoms. The van der Waals surface area contributed by atoms with Crippen LogP contribution in [0.15, 0.2) is 24.3 Å². The Bertz CT molecular complexity index is 509. The Labute approximate surface area is 131 Å². The van der Waals surface area contributed by atoms with Crippen molar-refractivity contribution in [3.63, 3.8) is 0 Å². The van der Waals surface area contributed by atoms with Crippen molar-refractivity contribution in [2.75, 3.05) is 46.4 Å². The highest BCUT2D eigenvalue weighted by Crippen LogP contribution is 2.48. The van der Waals surface area contributed by atoms with Crippen LogP contribution in [0.4, 0.5) is 0 Å². The number of piperazine rings is 1. The van der Waals surface area contributed by atoms with Gasteiger partial charge in [-0.05, 0) is 30.0 Å². The van der Waals surface area contributed by atoms with Crippen LogP contribution in [0.3, 0.4) is 0 Å². The zero-order valence-corrected chi connectivity index (χ0v) is 13.1. The number of methoxy groups -OCH3 is 1. The second kappa shape index (κ2) is 6.67. The number of aliphatic hydroxyl groups excluding tert-OH is 1. The summed E-state index contributed by atoms with van der Waals surface area (Å²) in [6.45, 7) is 4.20. The van der Waals surface area contributed by atoms with Crippen LogP contribution in [0, 0.1) is 5.92 Å². The SMILES string of the molecule is COc1ccc([C@@H]2C[C@H]2C(=O)N2CCN(CCO)CC2)cc1. The van der Waals surface area contributed by atoms with Crippen molar-refractivity contribution in [3.05, 3.63) is 29.8 Å². The van der Waals surface area contributed by atoms with Gasteiger partial charge in [0.25, 0.3) is 0 Å². The number of carbonyl (C=O) groups is 1. The lowest BCUT2D eigenvalue weighted by Gasteiger charge is -2.34. The second-order valence-electron chi connectivity index (χ2n) is 6.11. The van der Waals surface area contributed by atoms with Crippen molar-refractivity contribution in [2.24, 2.45) is 5.92 Å². The molecule has 1 aromatic carbocycles. The molecular formula is C17H24N2O3. The van der Waals surface area contributed by atoms with Crippen molar-refractivity contribution < 1.29 is 14.6 Å². The van der Waals surface area contributed by atoms with Gasteiger partial charge in [-0.25, -0.2) is 0 Å². The fraction of sp³-hybridized carbons (Fsp3) is 0.588. The minimum atomic E-state index is 0.151. The highest BCUT2D eigenvalue weighted by molar-refractivity contribution is 5.83. The van der Waals surface area contributed by atoms with Gasteiger partial charge in [-0.3, -0.25) is 9.69 Å². The molecule has 1 saturated carbocycles. The minimum Gasteiger partial charge on any atom is -0.497 e. The molecule has 2 fully saturated rings. The maximum atomic E-state index is 12.6. The maximum Gasteiger partial charge on any atom is 0.226 e. The van der Waals surface area contributed by atoms with E-state index in [0.717, 1.165) is 38.3 Å². The molecule has 1 aliphatic carbocycles. The van der Waals surface area contributed by atoms with E-state index >= 15 is 0 Å². The second-order valence-corrected chi connectivity index (χ2v) is 6.11. The molecule has 1 aliphatic heterocycles. The molecule has 0 unspecified atom stereocenters. The first-order valence-electron chi connectivity index (χ1n) is 7.99. The molecule has 2 atom stereocenters. The number of carbonyl (C=O) groups excluding carboxylic acids is 1. The number of β-amino-alcohol motifs (C(OH)–C–C–N with tert-alkyl or cyclic N) is 1. The minimum absolute atomic E-state index is 0.151. The number of rotatable bonds is 5. The average Bonchev–Trinajstić information content (AvgIpc) is 3.36. The Balaban J connectivity index is 1.52. The molecule has 120 valence electrons. The summed E-state index contributed by atoms with van der Waals surface area (Å²) in [6, 6.07) is 8.05. The number of nitrogens with zero attached hydrogens (tertiary/aromatic N) is 2. The van der Waals surface area contributed by atoms with E-state index < -0.39 is 0 Å². The van der Waals surface area contributed by atoms with E-state index in [2.05, 4.69) is 17.0 Å². The van der Waals surface area contributed by atoms with Crippen LogP contribution in [0.1, 0.15) is 17.9 Å².